The van der Waals surface area contributed by atoms with E-state index in [2.05, 4.69) is 25.0 Å². The van der Waals surface area contributed by atoms with Crippen LogP contribution in [0.3, 0.4) is 0 Å². The maximum atomic E-state index is 13.6. The normalized spacial score (nSPS) is 18.5. The second-order valence-corrected chi connectivity index (χ2v) is 7.10. The van der Waals surface area contributed by atoms with Gasteiger partial charge < -0.3 is 4.52 Å². The summed E-state index contributed by atoms with van der Waals surface area (Å²) < 4.78 is 32.3. The third-order valence-electron chi connectivity index (χ3n) is 5.07. The van der Waals surface area contributed by atoms with E-state index in [1.54, 1.807) is 6.92 Å². The number of fused-ring (bicyclic) bond motifs is 1. The van der Waals surface area contributed by atoms with Gasteiger partial charge in [0.15, 0.2) is 0 Å². The van der Waals surface area contributed by atoms with E-state index in [0.29, 0.717) is 16.8 Å². The first kappa shape index (κ1) is 17.9. The highest BCUT2D eigenvalue weighted by atomic mass is 19.3. The minimum absolute atomic E-state index is 0.0437. The van der Waals surface area contributed by atoms with E-state index in [1.165, 1.54) is 6.07 Å². The van der Waals surface area contributed by atoms with Gasteiger partial charge in [0.2, 0.25) is 0 Å². The van der Waals surface area contributed by atoms with E-state index in [0.717, 1.165) is 43.9 Å². The van der Waals surface area contributed by atoms with Gasteiger partial charge >= 0.3 is 0 Å². The fourth-order valence-electron chi connectivity index (χ4n) is 3.73. The summed E-state index contributed by atoms with van der Waals surface area (Å²) in [6.07, 6.45) is 2.98. The van der Waals surface area contributed by atoms with Gasteiger partial charge in [0.05, 0.1) is 11.1 Å². The lowest BCUT2D eigenvalue weighted by Crippen LogP contribution is -2.34. The molecule has 1 unspecified atom stereocenters. The maximum Gasteiger partial charge on any atom is 0.264 e. The smallest absolute Gasteiger partial charge is 0.264 e. The number of pyridine rings is 1. The van der Waals surface area contributed by atoms with Crippen LogP contribution in [0.5, 0.6) is 0 Å². The molecule has 4 rings (SSSR count). The summed E-state index contributed by atoms with van der Waals surface area (Å²) in [5.74, 6) is 0.826. The standard InChI is InChI=1S/C19H21F2N5O/c1-11-17-15(18(20)21)6-16(24-19(17)27-25-11)14-4-3-5-26(10-14)9-13-7-22-12(2)23-8-13/h6-8,14,18H,3-5,9-10H2,1-2H3. The number of piperidine rings is 1. The van der Waals surface area contributed by atoms with Crippen molar-refractivity contribution in [3.63, 3.8) is 0 Å². The Balaban J connectivity index is 1.58. The molecule has 0 spiro atoms. The highest BCUT2D eigenvalue weighted by molar-refractivity contribution is 5.80. The zero-order valence-electron chi connectivity index (χ0n) is 15.3. The Kier molecular flexibility index (Phi) is 4.82. The molecule has 4 heterocycles. The highest BCUT2D eigenvalue weighted by Gasteiger charge is 2.26. The molecule has 0 radical (unpaired) electrons. The van der Waals surface area contributed by atoms with Crippen molar-refractivity contribution in [1.29, 1.82) is 0 Å². The molecule has 1 aliphatic heterocycles. The lowest BCUT2D eigenvalue weighted by Gasteiger charge is -2.32. The van der Waals surface area contributed by atoms with Crippen LogP contribution in [0.2, 0.25) is 0 Å². The molecular weight excluding hydrogens is 352 g/mol. The van der Waals surface area contributed by atoms with Crippen LogP contribution >= 0.6 is 0 Å². The molecule has 6 nitrogen and oxygen atoms in total. The summed E-state index contributed by atoms with van der Waals surface area (Å²) >= 11 is 0. The predicted octanol–water partition coefficient (Wildman–Crippen LogP) is 3.95. The molecule has 3 aromatic rings. The van der Waals surface area contributed by atoms with Gasteiger partial charge in [-0.05, 0) is 39.3 Å². The quantitative estimate of drug-likeness (QED) is 0.690. The van der Waals surface area contributed by atoms with Crippen molar-refractivity contribution in [3.8, 4) is 0 Å². The molecular formula is C19H21F2N5O. The summed E-state index contributed by atoms with van der Waals surface area (Å²) in [7, 11) is 0. The van der Waals surface area contributed by atoms with Gasteiger partial charge in [0, 0.05) is 48.2 Å². The number of hydrogen-bond acceptors (Lipinski definition) is 6. The third kappa shape index (κ3) is 3.66. The van der Waals surface area contributed by atoms with Gasteiger partial charge in [-0.25, -0.2) is 23.7 Å². The van der Waals surface area contributed by atoms with E-state index in [9.17, 15) is 8.78 Å². The van der Waals surface area contributed by atoms with Crippen LogP contribution in [-0.4, -0.2) is 38.1 Å². The Morgan fingerprint density at radius 1 is 1.26 bits per heavy atom. The van der Waals surface area contributed by atoms with Gasteiger partial charge in [-0.3, -0.25) is 4.90 Å². The largest absolute Gasteiger partial charge is 0.336 e. The van der Waals surface area contributed by atoms with Crippen molar-refractivity contribution >= 4 is 11.1 Å². The predicted molar refractivity (Wildman–Crippen MR) is 95.5 cm³/mol. The molecule has 142 valence electrons. The van der Waals surface area contributed by atoms with Gasteiger partial charge in [-0.15, -0.1) is 0 Å². The first-order valence-electron chi connectivity index (χ1n) is 9.06. The summed E-state index contributed by atoms with van der Waals surface area (Å²) in [6, 6.07) is 1.53. The molecule has 1 fully saturated rings. The van der Waals surface area contributed by atoms with Gasteiger partial charge in [0.25, 0.3) is 12.1 Å². The molecule has 3 aromatic heterocycles. The summed E-state index contributed by atoms with van der Waals surface area (Å²) in [6.45, 7) is 5.96. The van der Waals surface area contributed by atoms with Crippen molar-refractivity contribution in [2.24, 2.45) is 0 Å². The van der Waals surface area contributed by atoms with Crippen molar-refractivity contribution in [1.82, 2.24) is 25.0 Å². The molecule has 0 saturated carbocycles. The van der Waals surface area contributed by atoms with Crippen LogP contribution in [0.15, 0.2) is 23.0 Å². The van der Waals surface area contributed by atoms with Crippen molar-refractivity contribution in [2.45, 2.75) is 45.6 Å². The van der Waals surface area contributed by atoms with E-state index >= 15 is 0 Å². The fourth-order valence-corrected chi connectivity index (χ4v) is 3.73. The second-order valence-electron chi connectivity index (χ2n) is 7.10. The number of rotatable bonds is 4. The van der Waals surface area contributed by atoms with Crippen LogP contribution in [0.25, 0.3) is 11.1 Å². The Bertz CT molecular complexity index is 941. The zero-order chi connectivity index (χ0) is 19.0. The number of nitrogens with zero attached hydrogens (tertiary/aromatic N) is 5. The number of likely N-dealkylation sites (tertiary alicyclic amines) is 1. The van der Waals surface area contributed by atoms with Crippen LogP contribution in [-0.2, 0) is 6.54 Å². The minimum Gasteiger partial charge on any atom is -0.336 e. The summed E-state index contributed by atoms with van der Waals surface area (Å²) in [4.78, 5) is 15.3. The molecule has 0 bridgehead atoms. The van der Waals surface area contributed by atoms with Crippen LogP contribution in [0.4, 0.5) is 8.78 Å². The Hall–Kier alpha value is -2.48. The maximum absolute atomic E-state index is 13.6. The summed E-state index contributed by atoms with van der Waals surface area (Å²) in [5, 5.41) is 4.14. The van der Waals surface area contributed by atoms with Crippen molar-refractivity contribution in [3.05, 3.63) is 46.8 Å². The summed E-state index contributed by atoms with van der Waals surface area (Å²) in [5.41, 5.74) is 2.30. The number of alkyl halides is 2. The van der Waals surface area contributed by atoms with Crippen molar-refractivity contribution in [2.75, 3.05) is 13.1 Å². The molecule has 8 heteroatoms. The van der Waals surface area contributed by atoms with E-state index in [4.69, 9.17) is 4.52 Å². The van der Waals surface area contributed by atoms with Crippen LogP contribution in [0, 0.1) is 13.8 Å². The van der Waals surface area contributed by atoms with Gasteiger partial charge in [-0.2, -0.15) is 0 Å². The van der Waals surface area contributed by atoms with Gasteiger partial charge in [-0.1, -0.05) is 5.16 Å². The number of halogens is 2. The lowest BCUT2D eigenvalue weighted by molar-refractivity contribution is 0.152. The Morgan fingerprint density at radius 2 is 2.04 bits per heavy atom. The average Bonchev–Trinajstić information content (AvgIpc) is 3.04. The molecule has 0 N–H and O–H groups in total. The number of hydrogen-bond donors (Lipinski definition) is 0. The van der Waals surface area contributed by atoms with Gasteiger partial charge in [0.1, 0.15) is 5.82 Å². The Morgan fingerprint density at radius 3 is 2.78 bits per heavy atom. The first-order valence-corrected chi connectivity index (χ1v) is 9.06. The minimum atomic E-state index is -2.59. The SMILES string of the molecule is Cc1ncc(CN2CCCC(c3cc(C(F)F)c4c(C)noc4n3)C2)cn1. The number of aromatic nitrogens is 4. The molecule has 1 saturated heterocycles. The topological polar surface area (TPSA) is 67.9 Å². The zero-order valence-corrected chi connectivity index (χ0v) is 15.3. The monoisotopic (exact) mass is 373 g/mol. The molecule has 0 amide bonds. The molecule has 0 aliphatic carbocycles. The second kappa shape index (κ2) is 7.26. The van der Waals surface area contributed by atoms with Crippen LogP contribution < -0.4 is 0 Å². The van der Waals surface area contributed by atoms with E-state index in [-0.39, 0.29) is 17.2 Å². The molecule has 1 aliphatic rings. The third-order valence-corrected chi connectivity index (χ3v) is 5.07. The Labute approximate surface area is 155 Å². The average molecular weight is 373 g/mol. The number of aryl methyl sites for hydroxylation is 2. The highest BCUT2D eigenvalue weighted by Crippen LogP contribution is 2.34. The van der Waals surface area contributed by atoms with E-state index < -0.39 is 6.43 Å². The van der Waals surface area contributed by atoms with Crippen molar-refractivity contribution < 1.29 is 13.3 Å². The lowest BCUT2D eigenvalue weighted by atomic mass is 9.92. The fraction of sp³-hybridized carbons (Fsp3) is 0.474. The molecule has 1 atom stereocenters. The molecule has 0 aromatic carbocycles. The van der Waals surface area contributed by atoms with E-state index in [1.807, 2.05) is 19.3 Å². The molecule has 27 heavy (non-hydrogen) atoms. The first-order chi connectivity index (χ1) is 13.0. The van der Waals surface area contributed by atoms with Crippen LogP contribution in [0.1, 0.15) is 53.5 Å².